The highest BCUT2D eigenvalue weighted by Crippen LogP contribution is 1.99. The van der Waals surface area contributed by atoms with Crippen molar-refractivity contribution in [3.05, 3.63) is 29.8 Å². The fraction of sp³-hybridized carbons (Fsp3) is 0.250. The van der Waals surface area contributed by atoms with Crippen LogP contribution in [0, 0.1) is 5.95 Å². The Labute approximate surface area is 69.2 Å². The van der Waals surface area contributed by atoms with Crippen LogP contribution in [0.5, 0.6) is 0 Å². The van der Waals surface area contributed by atoms with Gasteiger partial charge in [-0.1, -0.05) is 6.07 Å². The van der Waals surface area contributed by atoms with Crippen molar-refractivity contribution in [1.29, 1.82) is 0 Å². The maximum Gasteiger partial charge on any atom is 0.357 e. The summed E-state index contributed by atoms with van der Waals surface area (Å²) < 4.78 is 17.1. The molecule has 0 amide bonds. The maximum atomic E-state index is 12.4. The molecule has 0 aliphatic heterocycles. The van der Waals surface area contributed by atoms with E-state index < -0.39 is 11.9 Å². The first kappa shape index (κ1) is 8.64. The Bertz CT molecular complexity index is 288. The van der Waals surface area contributed by atoms with Crippen LogP contribution >= 0.6 is 0 Å². The van der Waals surface area contributed by atoms with Gasteiger partial charge in [-0.3, -0.25) is 0 Å². The molecule has 0 aliphatic rings. The lowest BCUT2D eigenvalue weighted by Gasteiger charge is -1.99. The number of esters is 1. The molecule has 1 rings (SSSR count). The largest absolute Gasteiger partial charge is 0.461 e. The van der Waals surface area contributed by atoms with Gasteiger partial charge < -0.3 is 4.74 Å². The number of rotatable bonds is 2. The van der Waals surface area contributed by atoms with E-state index >= 15 is 0 Å². The third-order valence-corrected chi connectivity index (χ3v) is 1.20. The standard InChI is InChI=1S/C8H8FNO2/c1-2-12-8(11)6-4-3-5-7(9)10-6/h3-5H,2H2,1H3. The van der Waals surface area contributed by atoms with E-state index in [-0.39, 0.29) is 12.3 Å². The molecule has 3 nitrogen and oxygen atoms in total. The Balaban J connectivity index is 2.81. The average molecular weight is 169 g/mol. The van der Waals surface area contributed by atoms with Crippen LogP contribution in [-0.4, -0.2) is 17.6 Å². The second-order valence-corrected chi connectivity index (χ2v) is 2.07. The number of hydrogen-bond donors (Lipinski definition) is 0. The Morgan fingerprint density at radius 2 is 2.42 bits per heavy atom. The fourth-order valence-electron chi connectivity index (χ4n) is 0.727. The third-order valence-electron chi connectivity index (χ3n) is 1.20. The summed E-state index contributed by atoms with van der Waals surface area (Å²) in [5.41, 5.74) is -0.00292. The second-order valence-electron chi connectivity index (χ2n) is 2.07. The Morgan fingerprint density at radius 3 is 3.00 bits per heavy atom. The van der Waals surface area contributed by atoms with E-state index in [1.54, 1.807) is 6.92 Å². The molecule has 1 heterocycles. The quantitative estimate of drug-likeness (QED) is 0.496. The van der Waals surface area contributed by atoms with Crippen molar-refractivity contribution in [2.75, 3.05) is 6.61 Å². The number of ether oxygens (including phenoxy) is 1. The third kappa shape index (κ3) is 2.02. The Hall–Kier alpha value is -1.45. The molecule has 0 aromatic carbocycles. The Kier molecular flexibility index (Phi) is 2.74. The van der Waals surface area contributed by atoms with Gasteiger partial charge in [0.05, 0.1) is 6.61 Å². The summed E-state index contributed by atoms with van der Waals surface area (Å²) in [5.74, 6) is -1.28. The topological polar surface area (TPSA) is 39.2 Å². The molecule has 0 radical (unpaired) electrons. The molecular formula is C8H8FNO2. The normalized spacial score (nSPS) is 9.50. The molecule has 0 saturated carbocycles. The minimum atomic E-state index is -0.680. The van der Waals surface area contributed by atoms with Crippen molar-refractivity contribution >= 4 is 5.97 Å². The molecule has 0 saturated heterocycles. The molecule has 0 unspecified atom stereocenters. The summed E-state index contributed by atoms with van der Waals surface area (Å²) in [7, 11) is 0. The summed E-state index contributed by atoms with van der Waals surface area (Å²) in [4.78, 5) is 14.3. The highest BCUT2D eigenvalue weighted by molar-refractivity contribution is 5.87. The van der Waals surface area contributed by atoms with E-state index in [1.165, 1.54) is 18.2 Å². The zero-order valence-corrected chi connectivity index (χ0v) is 6.58. The van der Waals surface area contributed by atoms with E-state index in [1.807, 2.05) is 0 Å². The van der Waals surface area contributed by atoms with Gasteiger partial charge in [0.2, 0.25) is 5.95 Å². The van der Waals surface area contributed by atoms with Crippen LogP contribution in [0.15, 0.2) is 18.2 Å². The van der Waals surface area contributed by atoms with Crippen molar-refractivity contribution in [2.24, 2.45) is 0 Å². The van der Waals surface area contributed by atoms with Crippen LogP contribution in [0.3, 0.4) is 0 Å². The summed E-state index contributed by atoms with van der Waals surface area (Å²) >= 11 is 0. The molecule has 0 atom stereocenters. The average Bonchev–Trinajstić information content (AvgIpc) is 2.05. The number of hydrogen-bond acceptors (Lipinski definition) is 3. The van der Waals surface area contributed by atoms with Gasteiger partial charge in [-0.25, -0.2) is 9.78 Å². The lowest BCUT2D eigenvalue weighted by molar-refractivity contribution is 0.0518. The molecule has 0 bridgehead atoms. The van der Waals surface area contributed by atoms with Crippen molar-refractivity contribution in [3.63, 3.8) is 0 Å². The molecule has 0 spiro atoms. The van der Waals surface area contributed by atoms with Gasteiger partial charge >= 0.3 is 5.97 Å². The fourth-order valence-corrected chi connectivity index (χ4v) is 0.727. The number of nitrogens with zero attached hydrogens (tertiary/aromatic N) is 1. The number of aromatic nitrogens is 1. The van der Waals surface area contributed by atoms with E-state index in [0.29, 0.717) is 0 Å². The summed E-state index contributed by atoms with van der Waals surface area (Å²) in [6.07, 6.45) is 0. The summed E-state index contributed by atoms with van der Waals surface area (Å²) in [6.45, 7) is 1.94. The van der Waals surface area contributed by atoms with E-state index in [2.05, 4.69) is 9.72 Å². The molecule has 4 heteroatoms. The predicted molar refractivity (Wildman–Crippen MR) is 40.2 cm³/mol. The van der Waals surface area contributed by atoms with Crippen molar-refractivity contribution in [3.8, 4) is 0 Å². The number of carbonyl (C=O) groups is 1. The van der Waals surface area contributed by atoms with Gasteiger partial charge in [0.1, 0.15) is 0 Å². The van der Waals surface area contributed by atoms with Crippen LogP contribution in [0.4, 0.5) is 4.39 Å². The molecule has 0 N–H and O–H groups in total. The molecule has 64 valence electrons. The zero-order chi connectivity index (χ0) is 8.97. The molecule has 1 aromatic heterocycles. The van der Waals surface area contributed by atoms with Gasteiger partial charge in [-0.15, -0.1) is 0 Å². The molecular weight excluding hydrogens is 161 g/mol. The van der Waals surface area contributed by atoms with Crippen molar-refractivity contribution < 1.29 is 13.9 Å². The zero-order valence-electron chi connectivity index (χ0n) is 6.58. The number of carbonyl (C=O) groups excluding carboxylic acids is 1. The van der Waals surface area contributed by atoms with E-state index in [0.717, 1.165) is 0 Å². The van der Waals surface area contributed by atoms with Gasteiger partial charge in [0.15, 0.2) is 5.69 Å². The van der Waals surface area contributed by atoms with E-state index in [9.17, 15) is 9.18 Å². The smallest absolute Gasteiger partial charge is 0.357 e. The first-order valence-electron chi connectivity index (χ1n) is 3.53. The number of halogens is 1. The SMILES string of the molecule is CCOC(=O)c1cccc(F)n1. The van der Waals surface area contributed by atoms with Crippen LogP contribution in [0.25, 0.3) is 0 Å². The predicted octanol–water partition coefficient (Wildman–Crippen LogP) is 1.40. The first-order chi connectivity index (χ1) is 5.74. The van der Waals surface area contributed by atoms with Gasteiger partial charge in [-0.05, 0) is 19.1 Å². The van der Waals surface area contributed by atoms with Crippen LogP contribution < -0.4 is 0 Å². The minimum Gasteiger partial charge on any atom is -0.461 e. The summed E-state index contributed by atoms with van der Waals surface area (Å²) in [5, 5.41) is 0. The van der Waals surface area contributed by atoms with Crippen LogP contribution in [0.2, 0.25) is 0 Å². The van der Waals surface area contributed by atoms with Crippen molar-refractivity contribution in [1.82, 2.24) is 4.98 Å². The summed E-state index contributed by atoms with van der Waals surface area (Å²) in [6, 6.07) is 3.98. The monoisotopic (exact) mass is 169 g/mol. The lowest BCUT2D eigenvalue weighted by Crippen LogP contribution is -2.07. The van der Waals surface area contributed by atoms with Gasteiger partial charge in [-0.2, -0.15) is 4.39 Å². The molecule has 0 fully saturated rings. The molecule has 1 aromatic rings. The molecule has 0 aliphatic carbocycles. The minimum absolute atomic E-state index is 0.00292. The maximum absolute atomic E-state index is 12.4. The van der Waals surface area contributed by atoms with E-state index in [4.69, 9.17) is 0 Å². The van der Waals surface area contributed by atoms with Crippen LogP contribution in [0.1, 0.15) is 17.4 Å². The molecule has 12 heavy (non-hydrogen) atoms. The Morgan fingerprint density at radius 1 is 1.67 bits per heavy atom. The van der Waals surface area contributed by atoms with Gasteiger partial charge in [0.25, 0.3) is 0 Å². The lowest BCUT2D eigenvalue weighted by atomic mass is 10.3. The van der Waals surface area contributed by atoms with Gasteiger partial charge in [0, 0.05) is 0 Å². The van der Waals surface area contributed by atoms with Crippen LogP contribution in [-0.2, 0) is 4.74 Å². The number of pyridine rings is 1. The highest BCUT2D eigenvalue weighted by Gasteiger charge is 2.07. The first-order valence-corrected chi connectivity index (χ1v) is 3.53. The highest BCUT2D eigenvalue weighted by atomic mass is 19.1. The second kappa shape index (κ2) is 3.80. The van der Waals surface area contributed by atoms with Crippen molar-refractivity contribution in [2.45, 2.75) is 6.92 Å².